The lowest BCUT2D eigenvalue weighted by Gasteiger charge is -2.38. The molecule has 0 aromatic heterocycles. The Morgan fingerprint density at radius 2 is 2.14 bits per heavy atom. The normalized spacial score (nSPS) is 30.9. The van der Waals surface area contributed by atoms with E-state index in [1.54, 1.807) is 11.0 Å². The van der Waals surface area contributed by atoms with E-state index in [-0.39, 0.29) is 24.0 Å². The molecule has 1 N–H and O–H groups in total. The zero-order valence-electron chi connectivity index (χ0n) is 12.2. The Morgan fingerprint density at radius 3 is 2.77 bits per heavy atom. The first kappa shape index (κ1) is 15.3. The second-order valence-corrected chi connectivity index (χ2v) is 6.44. The van der Waals surface area contributed by atoms with Crippen molar-refractivity contribution in [2.24, 2.45) is 11.8 Å². The molecule has 1 aromatic carbocycles. The second-order valence-electron chi connectivity index (χ2n) is 6.00. The van der Waals surface area contributed by atoms with Gasteiger partial charge in [-0.25, -0.2) is 0 Å². The summed E-state index contributed by atoms with van der Waals surface area (Å²) < 4.78 is 5.82. The summed E-state index contributed by atoms with van der Waals surface area (Å²) in [5, 5.41) is 9.62. The monoisotopic (exact) mass is 323 g/mol. The highest BCUT2D eigenvalue weighted by Gasteiger charge is 2.51. The van der Waals surface area contributed by atoms with Crippen molar-refractivity contribution in [2.75, 3.05) is 13.2 Å². The van der Waals surface area contributed by atoms with Gasteiger partial charge in [0, 0.05) is 5.02 Å². The Labute approximate surface area is 133 Å². The number of carbonyl (C=O) groups excluding carboxylic acids is 1. The minimum atomic E-state index is -0.884. The molecule has 4 atom stereocenters. The number of halogens is 1. The van der Waals surface area contributed by atoms with Crippen molar-refractivity contribution < 1.29 is 19.4 Å². The molecule has 0 radical (unpaired) electrons. The molecular formula is C16H18ClNO4. The van der Waals surface area contributed by atoms with Crippen LogP contribution in [0.3, 0.4) is 0 Å². The molecule has 3 rings (SSSR count). The molecule has 6 heteroatoms. The second kappa shape index (κ2) is 5.89. The Morgan fingerprint density at radius 1 is 1.36 bits per heavy atom. The van der Waals surface area contributed by atoms with Crippen LogP contribution in [0.4, 0.5) is 0 Å². The van der Waals surface area contributed by atoms with E-state index >= 15 is 0 Å². The van der Waals surface area contributed by atoms with Gasteiger partial charge in [-0.15, -0.1) is 0 Å². The minimum absolute atomic E-state index is 0.0435. The number of carboxylic acid groups (broad SMARTS) is 1. The fourth-order valence-corrected chi connectivity index (χ4v) is 3.12. The summed E-state index contributed by atoms with van der Waals surface area (Å²) in [6.07, 6.45) is 0.223. The lowest BCUT2D eigenvalue weighted by atomic mass is 10.1. The number of hydrogen-bond acceptors (Lipinski definition) is 3. The summed E-state index contributed by atoms with van der Waals surface area (Å²) >= 11 is 6.00. The van der Waals surface area contributed by atoms with Crippen molar-refractivity contribution >= 4 is 23.5 Å². The van der Waals surface area contributed by atoms with E-state index in [9.17, 15) is 9.59 Å². The molecule has 4 unspecified atom stereocenters. The molecule has 2 fully saturated rings. The average Bonchev–Trinajstić information content (AvgIpc) is 3.27. The molecule has 0 spiro atoms. The topological polar surface area (TPSA) is 66.8 Å². The van der Waals surface area contributed by atoms with Crippen molar-refractivity contribution in [3.63, 3.8) is 0 Å². The molecule has 1 saturated heterocycles. The van der Waals surface area contributed by atoms with Crippen LogP contribution in [0.5, 0.6) is 0 Å². The lowest BCUT2D eigenvalue weighted by Crippen LogP contribution is -2.49. The molecule has 0 bridgehead atoms. The smallest absolute Gasteiger partial charge is 0.307 e. The number of nitrogens with zero attached hydrogens (tertiary/aromatic N) is 1. The quantitative estimate of drug-likeness (QED) is 0.927. The van der Waals surface area contributed by atoms with Gasteiger partial charge in [-0.1, -0.05) is 23.7 Å². The predicted molar refractivity (Wildman–Crippen MR) is 80.6 cm³/mol. The zero-order valence-corrected chi connectivity index (χ0v) is 13.0. The average molecular weight is 324 g/mol. The van der Waals surface area contributed by atoms with Gasteiger partial charge in [-0.2, -0.15) is 0 Å². The van der Waals surface area contributed by atoms with E-state index in [2.05, 4.69) is 0 Å². The maximum atomic E-state index is 12.5. The van der Waals surface area contributed by atoms with Crippen molar-refractivity contribution in [1.82, 2.24) is 4.90 Å². The molecule has 5 nitrogen and oxygen atoms in total. The van der Waals surface area contributed by atoms with E-state index in [0.29, 0.717) is 24.6 Å². The first-order chi connectivity index (χ1) is 10.5. The van der Waals surface area contributed by atoms with Crippen LogP contribution < -0.4 is 0 Å². The number of hydrogen-bond donors (Lipinski definition) is 1. The molecule has 1 saturated carbocycles. The van der Waals surface area contributed by atoms with Gasteiger partial charge in [0.1, 0.15) is 6.10 Å². The van der Waals surface area contributed by atoms with Crippen LogP contribution in [0.25, 0.3) is 0 Å². The number of carboxylic acids is 1. The van der Waals surface area contributed by atoms with Crippen LogP contribution >= 0.6 is 11.6 Å². The van der Waals surface area contributed by atoms with Gasteiger partial charge >= 0.3 is 5.97 Å². The zero-order chi connectivity index (χ0) is 15.9. The predicted octanol–water partition coefficient (Wildman–Crippen LogP) is 2.35. The standard InChI is InChI=1S/C16H18ClNO4/c1-9-8-22-14(10-3-2-4-11(17)5-10)7-18(9)15(19)12-6-13(12)16(20)21/h2-5,9,12-14H,6-8H2,1H3,(H,20,21). The Hall–Kier alpha value is -1.59. The largest absolute Gasteiger partial charge is 0.481 e. The third kappa shape index (κ3) is 2.96. The van der Waals surface area contributed by atoms with Gasteiger partial charge in [0.15, 0.2) is 0 Å². The molecule has 1 heterocycles. The number of morpholine rings is 1. The molecule has 1 aliphatic carbocycles. The van der Waals surface area contributed by atoms with Crippen LogP contribution in [0.15, 0.2) is 24.3 Å². The number of rotatable bonds is 3. The van der Waals surface area contributed by atoms with Crippen molar-refractivity contribution in [3.8, 4) is 0 Å². The molecule has 1 aromatic rings. The summed E-state index contributed by atoms with van der Waals surface area (Å²) in [7, 11) is 0. The van der Waals surface area contributed by atoms with Crippen LogP contribution in [0.2, 0.25) is 5.02 Å². The summed E-state index contributed by atoms with van der Waals surface area (Å²) in [4.78, 5) is 25.2. The molecular weight excluding hydrogens is 306 g/mol. The summed E-state index contributed by atoms with van der Waals surface area (Å²) in [5.41, 5.74) is 0.933. The van der Waals surface area contributed by atoms with E-state index in [1.165, 1.54) is 0 Å². The number of amides is 1. The fraction of sp³-hybridized carbons (Fsp3) is 0.500. The maximum absolute atomic E-state index is 12.5. The van der Waals surface area contributed by atoms with Crippen LogP contribution in [0, 0.1) is 11.8 Å². The fourth-order valence-electron chi connectivity index (χ4n) is 2.93. The molecule has 2 aliphatic rings. The summed E-state index contributed by atoms with van der Waals surface area (Å²) in [5.74, 6) is -1.86. The summed E-state index contributed by atoms with van der Waals surface area (Å²) in [6.45, 7) is 2.79. The van der Waals surface area contributed by atoms with E-state index in [4.69, 9.17) is 21.4 Å². The van der Waals surface area contributed by atoms with E-state index in [1.807, 2.05) is 25.1 Å². The SMILES string of the molecule is CC1COC(c2cccc(Cl)c2)CN1C(=O)C1CC1C(=O)O. The van der Waals surface area contributed by atoms with Crippen LogP contribution in [0.1, 0.15) is 25.0 Å². The molecule has 1 aliphatic heterocycles. The van der Waals surface area contributed by atoms with Crippen LogP contribution in [-0.4, -0.2) is 41.1 Å². The highest BCUT2D eigenvalue weighted by Crippen LogP contribution is 2.41. The Bertz CT molecular complexity index is 606. The van der Waals surface area contributed by atoms with E-state index in [0.717, 1.165) is 5.56 Å². The van der Waals surface area contributed by atoms with Gasteiger partial charge in [-0.3, -0.25) is 9.59 Å². The highest BCUT2D eigenvalue weighted by molar-refractivity contribution is 6.30. The lowest BCUT2D eigenvalue weighted by molar-refractivity contribution is -0.149. The number of carbonyl (C=O) groups is 2. The van der Waals surface area contributed by atoms with Crippen LogP contribution in [-0.2, 0) is 14.3 Å². The number of ether oxygens (including phenoxy) is 1. The van der Waals surface area contributed by atoms with Gasteiger partial charge in [0.2, 0.25) is 5.91 Å². The van der Waals surface area contributed by atoms with Gasteiger partial charge in [-0.05, 0) is 31.0 Å². The molecule has 118 valence electrons. The third-order valence-corrected chi connectivity index (χ3v) is 4.60. The first-order valence-corrected chi connectivity index (χ1v) is 7.75. The molecule has 22 heavy (non-hydrogen) atoms. The van der Waals surface area contributed by atoms with Gasteiger partial charge in [0.05, 0.1) is 31.0 Å². The highest BCUT2D eigenvalue weighted by atomic mass is 35.5. The first-order valence-electron chi connectivity index (χ1n) is 7.37. The molecule has 1 amide bonds. The Kier molecular flexibility index (Phi) is 4.10. The summed E-state index contributed by atoms with van der Waals surface area (Å²) in [6, 6.07) is 7.36. The minimum Gasteiger partial charge on any atom is -0.481 e. The third-order valence-electron chi connectivity index (χ3n) is 4.36. The number of benzene rings is 1. The van der Waals surface area contributed by atoms with Crippen molar-refractivity contribution in [3.05, 3.63) is 34.9 Å². The Balaban J connectivity index is 1.71. The number of aliphatic carboxylic acids is 1. The van der Waals surface area contributed by atoms with Crippen molar-refractivity contribution in [1.29, 1.82) is 0 Å². The van der Waals surface area contributed by atoms with Crippen molar-refractivity contribution in [2.45, 2.75) is 25.5 Å². The van der Waals surface area contributed by atoms with E-state index < -0.39 is 11.9 Å². The van der Waals surface area contributed by atoms with Gasteiger partial charge < -0.3 is 14.7 Å². The van der Waals surface area contributed by atoms with Gasteiger partial charge in [0.25, 0.3) is 0 Å². The maximum Gasteiger partial charge on any atom is 0.307 e.